The molecule has 1 aromatic carbocycles. The van der Waals surface area contributed by atoms with Gasteiger partial charge >= 0.3 is 0 Å². The minimum absolute atomic E-state index is 0.00205. The van der Waals surface area contributed by atoms with Crippen LogP contribution in [0.4, 0.5) is 5.69 Å². The number of benzene rings is 1. The standard InChI is InChI=1S/C21H28N2O3/c1-15(2)13-22(14-17-5-7-18(8-6-17)16(3)4)21(24)19-9-11-20(12-10-19)23(25)26/h5,9-12,15,18H,3,6-8,13-14H2,1-2,4H3. The van der Waals surface area contributed by atoms with E-state index in [0.29, 0.717) is 30.5 Å². The van der Waals surface area contributed by atoms with E-state index in [-0.39, 0.29) is 11.6 Å². The molecule has 1 unspecified atom stereocenters. The van der Waals surface area contributed by atoms with Gasteiger partial charge in [-0.1, -0.05) is 37.6 Å². The molecule has 5 heteroatoms. The van der Waals surface area contributed by atoms with E-state index in [1.54, 1.807) is 12.1 Å². The van der Waals surface area contributed by atoms with E-state index >= 15 is 0 Å². The molecule has 0 saturated heterocycles. The first-order valence-electron chi connectivity index (χ1n) is 9.15. The van der Waals surface area contributed by atoms with Gasteiger partial charge in [-0.05, 0) is 50.2 Å². The summed E-state index contributed by atoms with van der Waals surface area (Å²) in [6.07, 6.45) is 5.31. The summed E-state index contributed by atoms with van der Waals surface area (Å²) in [6.45, 7) is 11.6. The van der Waals surface area contributed by atoms with Crippen molar-refractivity contribution >= 4 is 11.6 Å². The van der Waals surface area contributed by atoms with Crippen molar-refractivity contribution in [1.29, 1.82) is 0 Å². The highest BCUT2D eigenvalue weighted by Gasteiger charge is 2.21. The summed E-state index contributed by atoms with van der Waals surface area (Å²) in [4.78, 5) is 25.1. The van der Waals surface area contributed by atoms with Crippen LogP contribution in [0.5, 0.6) is 0 Å². The van der Waals surface area contributed by atoms with Gasteiger partial charge < -0.3 is 4.90 Å². The van der Waals surface area contributed by atoms with Gasteiger partial charge in [-0.3, -0.25) is 14.9 Å². The quantitative estimate of drug-likeness (QED) is 0.392. The Kier molecular flexibility index (Phi) is 6.72. The average Bonchev–Trinajstić information content (AvgIpc) is 2.60. The number of rotatable bonds is 7. The summed E-state index contributed by atoms with van der Waals surface area (Å²) >= 11 is 0. The SMILES string of the molecule is C=C(C)C1CC=C(CN(CC(C)C)C(=O)c2ccc([N+](=O)[O-])cc2)CC1. The molecule has 2 rings (SSSR count). The molecule has 140 valence electrons. The Hall–Kier alpha value is -2.43. The lowest BCUT2D eigenvalue weighted by Gasteiger charge is -2.29. The Bertz CT molecular complexity index is 704. The third kappa shape index (κ3) is 5.28. The smallest absolute Gasteiger partial charge is 0.269 e. The van der Waals surface area contributed by atoms with E-state index in [1.807, 2.05) is 4.90 Å². The number of non-ortho nitro benzene ring substituents is 1. The van der Waals surface area contributed by atoms with Crippen molar-refractivity contribution < 1.29 is 9.72 Å². The molecule has 1 atom stereocenters. The van der Waals surface area contributed by atoms with Gasteiger partial charge in [-0.15, -0.1) is 0 Å². The lowest BCUT2D eigenvalue weighted by molar-refractivity contribution is -0.384. The second-order valence-electron chi connectivity index (χ2n) is 7.56. The molecular formula is C21H28N2O3. The molecule has 0 aliphatic heterocycles. The zero-order chi connectivity index (χ0) is 19.3. The molecule has 0 N–H and O–H groups in total. The van der Waals surface area contributed by atoms with Crippen LogP contribution < -0.4 is 0 Å². The van der Waals surface area contributed by atoms with Gasteiger partial charge in [0.15, 0.2) is 0 Å². The Balaban J connectivity index is 2.12. The van der Waals surface area contributed by atoms with Crippen molar-refractivity contribution in [2.75, 3.05) is 13.1 Å². The Morgan fingerprint density at radius 3 is 2.46 bits per heavy atom. The molecule has 0 bridgehead atoms. The molecule has 0 heterocycles. The number of carbonyl (C=O) groups excluding carboxylic acids is 1. The number of nitro benzene ring substituents is 1. The van der Waals surface area contributed by atoms with Crippen molar-refractivity contribution in [3.05, 3.63) is 63.7 Å². The van der Waals surface area contributed by atoms with Crippen LogP contribution in [-0.4, -0.2) is 28.8 Å². The topological polar surface area (TPSA) is 63.5 Å². The van der Waals surface area contributed by atoms with Crippen molar-refractivity contribution in [3.8, 4) is 0 Å². The second kappa shape index (κ2) is 8.79. The maximum atomic E-state index is 12.9. The van der Waals surface area contributed by atoms with Gasteiger partial charge in [0.1, 0.15) is 0 Å². The highest BCUT2D eigenvalue weighted by molar-refractivity contribution is 5.94. The summed E-state index contributed by atoms with van der Waals surface area (Å²) in [5.74, 6) is 0.823. The van der Waals surface area contributed by atoms with Gasteiger partial charge in [0.2, 0.25) is 0 Å². The van der Waals surface area contributed by atoms with Gasteiger partial charge in [0.05, 0.1) is 4.92 Å². The zero-order valence-electron chi connectivity index (χ0n) is 15.9. The van der Waals surface area contributed by atoms with Crippen LogP contribution in [0.2, 0.25) is 0 Å². The van der Waals surface area contributed by atoms with Crippen LogP contribution in [0.3, 0.4) is 0 Å². The van der Waals surface area contributed by atoms with Gasteiger partial charge in [-0.2, -0.15) is 0 Å². The van der Waals surface area contributed by atoms with Crippen molar-refractivity contribution in [1.82, 2.24) is 4.90 Å². The van der Waals surface area contributed by atoms with E-state index in [4.69, 9.17) is 0 Å². The number of hydrogen-bond acceptors (Lipinski definition) is 3. The maximum Gasteiger partial charge on any atom is 0.269 e. The molecular weight excluding hydrogens is 328 g/mol. The molecule has 1 amide bonds. The molecule has 0 fully saturated rings. The van der Waals surface area contributed by atoms with Crippen LogP contribution in [-0.2, 0) is 0 Å². The highest BCUT2D eigenvalue weighted by Crippen LogP contribution is 2.29. The Morgan fingerprint density at radius 1 is 1.35 bits per heavy atom. The highest BCUT2D eigenvalue weighted by atomic mass is 16.6. The van der Waals surface area contributed by atoms with Gasteiger partial charge in [0, 0.05) is 30.8 Å². The number of carbonyl (C=O) groups is 1. The van der Waals surface area contributed by atoms with E-state index in [1.165, 1.54) is 23.3 Å². The summed E-state index contributed by atoms with van der Waals surface area (Å²) in [7, 11) is 0. The summed E-state index contributed by atoms with van der Waals surface area (Å²) in [5.41, 5.74) is 3.00. The van der Waals surface area contributed by atoms with Crippen molar-refractivity contribution in [3.63, 3.8) is 0 Å². The van der Waals surface area contributed by atoms with Crippen LogP contribution in [0.25, 0.3) is 0 Å². The van der Waals surface area contributed by atoms with Gasteiger partial charge in [0.25, 0.3) is 11.6 Å². The molecule has 0 radical (unpaired) electrons. The molecule has 0 saturated carbocycles. The fourth-order valence-electron chi connectivity index (χ4n) is 3.29. The normalized spacial score (nSPS) is 16.9. The van der Waals surface area contributed by atoms with E-state index in [2.05, 4.69) is 33.4 Å². The lowest BCUT2D eigenvalue weighted by atomic mass is 9.85. The molecule has 1 aliphatic rings. The third-order valence-corrected chi connectivity index (χ3v) is 4.79. The van der Waals surface area contributed by atoms with E-state index in [9.17, 15) is 14.9 Å². The maximum absolute atomic E-state index is 12.9. The number of nitro groups is 1. The fourth-order valence-corrected chi connectivity index (χ4v) is 3.29. The van der Waals surface area contributed by atoms with Crippen LogP contribution in [0.1, 0.15) is 50.4 Å². The predicted molar refractivity (Wildman–Crippen MR) is 104 cm³/mol. The summed E-state index contributed by atoms with van der Waals surface area (Å²) in [5, 5.41) is 10.8. The number of allylic oxidation sites excluding steroid dienone is 2. The summed E-state index contributed by atoms with van der Waals surface area (Å²) < 4.78 is 0. The fraction of sp³-hybridized carbons (Fsp3) is 0.476. The number of amides is 1. The van der Waals surface area contributed by atoms with E-state index < -0.39 is 4.92 Å². The van der Waals surface area contributed by atoms with Gasteiger partial charge in [-0.25, -0.2) is 0 Å². The lowest BCUT2D eigenvalue weighted by Crippen LogP contribution is -2.36. The molecule has 0 spiro atoms. The second-order valence-corrected chi connectivity index (χ2v) is 7.56. The van der Waals surface area contributed by atoms with Crippen molar-refractivity contribution in [2.45, 2.75) is 40.0 Å². The first-order valence-corrected chi connectivity index (χ1v) is 9.15. The number of nitrogens with zero attached hydrogens (tertiary/aromatic N) is 2. The Labute approximate surface area is 155 Å². The molecule has 1 aromatic rings. The first-order chi connectivity index (χ1) is 12.3. The largest absolute Gasteiger partial charge is 0.334 e. The number of hydrogen-bond donors (Lipinski definition) is 0. The monoisotopic (exact) mass is 356 g/mol. The van der Waals surface area contributed by atoms with Crippen LogP contribution >= 0.6 is 0 Å². The first kappa shape index (κ1) is 19.9. The predicted octanol–water partition coefficient (Wildman–Crippen LogP) is 5.00. The van der Waals surface area contributed by atoms with Crippen LogP contribution in [0.15, 0.2) is 48.1 Å². The molecule has 1 aliphatic carbocycles. The molecule has 5 nitrogen and oxygen atoms in total. The molecule has 0 aromatic heterocycles. The van der Waals surface area contributed by atoms with Crippen molar-refractivity contribution in [2.24, 2.45) is 11.8 Å². The third-order valence-electron chi connectivity index (χ3n) is 4.79. The van der Waals surface area contributed by atoms with E-state index in [0.717, 1.165) is 19.3 Å². The average molecular weight is 356 g/mol. The zero-order valence-corrected chi connectivity index (χ0v) is 15.9. The molecule has 26 heavy (non-hydrogen) atoms. The minimum atomic E-state index is -0.453. The minimum Gasteiger partial charge on any atom is -0.334 e. The van der Waals surface area contributed by atoms with Crippen LogP contribution in [0, 0.1) is 22.0 Å². The Morgan fingerprint density at radius 2 is 2.00 bits per heavy atom. The summed E-state index contributed by atoms with van der Waals surface area (Å²) in [6, 6.07) is 5.86.